The van der Waals surface area contributed by atoms with Gasteiger partial charge in [0.05, 0.1) is 31.4 Å². The molecule has 0 aliphatic rings. The summed E-state index contributed by atoms with van der Waals surface area (Å²) in [4.78, 5) is 2.14. The van der Waals surface area contributed by atoms with E-state index in [1.807, 2.05) is 77.9 Å². The van der Waals surface area contributed by atoms with Crippen molar-refractivity contribution >= 4 is 21.6 Å². The normalized spacial score (nSPS) is 14.5. The largest absolute Gasteiger partial charge is 0.254 e. The summed E-state index contributed by atoms with van der Waals surface area (Å²) in [5.41, 5.74) is 3.18. The third-order valence-electron chi connectivity index (χ3n) is 3.59. The second-order valence-electron chi connectivity index (χ2n) is 6.82. The van der Waals surface area contributed by atoms with Crippen molar-refractivity contribution in [3.8, 4) is 0 Å². The van der Waals surface area contributed by atoms with E-state index in [4.69, 9.17) is 0 Å². The molecule has 0 amide bonds. The average molecular weight is 349 g/mol. The zero-order valence-electron chi connectivity index (χ0n) is 14.6. The number of hydrogen-bond acceptors (Lipinski definition) is 2. The Labute approximate surface area is 144 Å². The number of hydrogen-bond donors (Lipinski definition) is 0. The van der Waals surface area contributed by atoms with Gasteiger partial charge in [-0.25, -0.2) is 4.21 Å². The van der Waals surface area contributed by atoms with E-state index in [0.29, 0.717) is 9.79 Å². The van der Waals surface area contributed by atoms with E-state index in [1.54, 1.807) is 0 Å². The van der Waals surface area contributed by atoms with Crippen molar-refractivity contribution in [1.29, 1.82) is 0 Å². The van der Waals surface area contributed by atoms with Crippen LogP contribution in [0.25, 0.3) is 0 Å². The fraction of sp³-hybridized carbons (Fsp3) is 0.368. The Balaban J connectivity index is 2.61. The van der Waals surface area contributed by atoms with E-state index in [1.165, 1.54) is 0 Å². The molecule has 0 saturated carbocycles. The first-order valence-corrected chi connectivity index (χ1v) is 9.93. The van der Waals surface area contributed by atoms with Gasteiger partial charge >= 0.3 is 0 Å². The standard InChI is InChI=1S/C19H24O2S2/c1-13-11-14(2)18(15(3)12-13)22(20)16-9-7-8-10-17(16)23(21)19(4,5)6/h7-12H,1-6H3/t22-,23+/m1/s1. The maximum Gasteiger partial charge on any atom is 0.0867 e. The van der Waals surface area contributed by atoms with Gasteiger partial charge in [0.15, 0.2) is 0 Å². The molecule has 2 aromatic rings. The third kappa shape index (κ3) is 3.81. The molecule has 0 spiro atoms. The predicted octanol–water partition coefficient (Wildman–Crippen LogP) is 4.68. The molecule has 0 N–H and O–H groups in total. The summed E-state index contributed by atoms with van der Waals surface area (Å²) in [5, 5.41) is 0. The highest BCUT2D eigenvalue weighted by Crippen LogP contribution is 2.31. The second-order valence-corrected chi connectivity index (χ2v) is 10.4. The molecule has 0 aliphatic heterocycles. The van der Waals surface area contributed by atoms with Crippen molar-refractivity contribution < 1.29 is 8.42 Å². The SMILES string of the molecule is Cc1cc(C)c([S@](=O)c2ccccc2[S@](=O)C(C)(C)C)c(C)c1. The summed E-state index contributed by atoms with van der Waals surface area (Å²) < 4.78 is 25.7. The Hall–Kier alpha value is -1.26. The Morgan fingerprint density at radius 1 is 0.826 bits per heavy atom. The first-order valence-electron chi connectivity index (χ1n) is 7.63. The number of benzene rings is 2. The van der Waals surface area contributed by atoms with E-state index < -0.39 is 26.3 Å². The van der Waals surface area contributed by atoms with E-state index in [-0.39, 0.29) is 0 Å². The maximum atomic E-state index is 13.2. The van der Waals surface area contributed by atoms with Gasteiger partial charge in [0, 0.05) is 9.64 Å². The number of aryl methyl sites for hydroxylation is 3. The summed E-state index contributed by atoms with van der Waals surface area (Å²) >= 11 is 0. The van der Waals surface area contributed by atoms with Gasteiger partial charge in [0.1, 0.15) is 0 Å². The summed E-state index contributed by atoms with van der Waals surface area (Å²) in [6, 6.07) is 11.5. The van der Waals surface area contributed by atoms with Crippen LogP contribution >= 0.6 is 0 Å². The van der Waals surface area contributed by atoms with Crippen molar-refractivity contribution in [2.45, 2.75) is 61.0 Å². The molecular weight excluding hydrogens is 324 g/mol. The fourth-order valence-corrected chi connectivity index (χ4v) is 5.60. The van der Waals surface area contributed by atoms with Crippen LogP contribution in [-0.2, 0) is 21.6 Å². The van der Waals surface area contributed by atoms with Crippen LogP contribution in [0, 0.1) is 20.8 Å². The molecule has 2 aromatic carbocycles. The highest BCUT2D eigenvalue weighted by Gasteiger charge is 2.26. The molecule has 0 radical (unpaired) electrons. The zero-order chi connectivity index (χ0) is 17.4. The maximum absolute atomic E-state index is 13.2. The molecular formula is C19H24O2S2. The highest BCUT2D eigenvalue weighted by molar-refractivity contribution is 7.89. The topological polar surface area (TPSA) is 34.1 Å². The molecule has 0 bridgehead atoms. The third-order valence-corrected chi connectivity index (χ3v) is 7.36. The lowest BCUT2D eigenvalue weighted by atomic mass is 10.1. The van der Waals surface area contributed by atoms with Crippen LogP contribution in [-0.4, -0.2) is 13.2 Å². The van der Waals surface area contributed by atoms with Crippen LogP contribution < -0.4 is 0 Å². The Bertz CT molecular complexity index is 763. The molecule has 0 aliphatic carbocycles. The van der Waals surface area contributed by atoms with E-state index in [2.05, 4.69) is 0 Å². The summed E-state index contributed by atoms with van der Waals surface area (Å²) in [6.45, 7) is 11.8. The Morgan fingerprint density at radius 3 is 1.78 bits per heavy atom. The van der Waals surface area contributed by atoms with Gasteiger partial charge in [-0.05, 0) is 64.8 Å². The molecule has 2 atom stereocenters. The average Bonchev–Trinajstić information content (AvgIpc) is 2.44. The molecule has 0 fully saturated rings. The van der Waals surface area contributed by atoms with Crippen LogP contribution in [0.5, 0.6) is 0 Å². The minimum atomic E-state index is -1.34. The summed E-state index contributed by atoms with van der Waals surface area (Å²) in [6.07, 6.45) is 0. The van der Waals surface area contributed by atoms with Crippen molar-refractivity contribution in [3.05, 3.63) is 53.1 Å². The van der Waals surface area contributed by atoms with Gasteiger partial charge in [-0.15, -0.1) is 0 Å². The second kappa shape index (κ2) is 6.70. The minimum absolute atomic E-state index is 0.391. The first kappa shape index (κ1) is 18.1. The molecule has 4 heteroatoms. The Morgan fingerprint density at radius 2 is 1.30 bits per heavy atom. The lowest BCUT2D eigenvalue weighted by molar-refractivity contribution is 0.645. The van der Waals surface area contributed by atoms with E-state index >= 15 is 0 Å². The zero-order valence-corrected chi connectivity index (χ0v) is 16.2. The van der Waals surface area contributed by atoms with Crippen molar-refractivity contribution in [2.24, 2.45) is 0 Å². The molecule has 2 nitrogen and oxygen atoms in total. The van der Waals surface area contributed by atoms with Crippen molar-refractivity contribution in [2.75, 3.05) is 0 Å². The smallest absolute Gasteiger partial charge is 0.0867 e. The quantitative estimate of drug-likeness (QED) is 0.807. The minimum Gasteiger partial charge on any atom is -0.254 e. The lowest BCUT2D eigenvalue weighted by Gasteiger charge is -2.20. The monoisotopic (exact) mass is 348 g/mol. The van der Waals surface area contributed by atoms with Crippen molar-refractivity contribution in [3.63, 3.8) is 0 Å². The van der Waals surface area contributed by atoms with E-state index in [0.717, 1.165) is 21.6 Å². The van der Waals surface area contributed by atoms with Crippen LogP contribution in [0.4, 0.5) is 0 Å². The summed E-state index contributed by atoms with van der Waals surface area (Å²) in [5.74, 6) is 0. The summed E-state index contributed by atoms with van der Waals surface area (Å²) in [7, 11) is -2.56. The first-order chi connectivity index (χ1) is 10.6. The Kier molecular flexibility index (Phi) is 5.27. The molecule has 0 heterocycles. The molecule has 0 unspecified atom stereocenters. The van der Waals surface area contributed by atoms with Gasteiger partial charge in [-0.3, -0.25) is 4.21 Å². The van der Waals surface area contributed by atoms with E-state index in [9.17, 15) is 8.42 Å². The molecule has 2 rings (SSSR count). The highest BCUT2D eigenvalue weighted by atomic mass is 32.2. The molecule has 124 valence electrons. The van der Waals surface area contributed by atoms with Crippen LogP contribution in [0.2, 0.25) is 0 Å². The van der Waals surface area contributed by atoms with Gasteiger partial charge in [-0.2, -0.15) is 0 Å². The predicted molar refractivity (Wildman–Crippen MR) is 97.9 cm³/mol. The lowest BCUT2D eigenvalue weighted by Crippen LogP contribution is -2.23. The molecule has 0 saturated heterocycles. The fourth-order valence-electron chi connectivity index (χ4n) is 2.66. The van der Waals surface area contributed by atoms with Crippen LogP contribution in [0.3, 0.4) is 0 Å². The van der Waals surface area contributed by atoms with Gasteiger partial charge < -0.3 is 0 Å². The van der Waals surface area contributed by atoms with Crippen molar-refractivity contribution in [1.82, 2.24) is 0 Å². The van der Waals surface area contributed by atoms with Gasteiger partial charge in [0.2, 0.25) is 0 Å². The number of rotatable bonds is 3. The van der Waals surface area contributed by atoms with Gasteiger partial charge in [-0.1, -0.05) is 29.8 Å². The van der Waals surface area contributed by atoms with Crippen LogP contribution in [0.1, 0.15) is 37.5 Å². The van der Waals surface area contributed by atoms with Crippen LogP contribution in [0.15, 0.2) is 51.1 Å². The molecule has 0 aromatic heterocycles. The van der Waals surface area contributed by atoms with Gasteiger partial charge in [0.25, 0.3) is 0 Å². The molecule has 23 heavy (non-hydrogen) atoms.